The van der Waals surface area contributed by atoms with Crippen LogP contribution in [0.1, 0.15) is 25.0 Å². The number of rotatable bonds is 5. The number of benzene rings is 1. The fourth-order valence-corrected chi connectivity index (χ4v) is 1.60. The van der Waals surface area contributed by atoms with Gasteiger partial charge in [-0.2, -0.15) is 0 Å². The van der Waals surface area contributed by atoms with E-state index in [0.717, 1.165) is 11.1 Å². The second-order valence-electron chi connectivity index (χ2n) is 4.61. The van der Waals surface area contributed by atoms with E-state index in [-0.39, 0.29) is 0 Å². The molecule has 0 heterocycles. The van der Waals surface area contributed by atoms with Gasteiger partial charge in [-0.25, -0.2) is 0 Å². The molecule has 1 aromatic carbocycles. The van der Waals surface area contributed by atoms with E-state index in [1.54, 1.807) is 19.9 Å². The van der Waals surface area contributed by atoms with E-state index in [0.29, 0.717) is 18.2 Å². The van der Waals surface area contributed by atoms with Crippen LogP contribution in [0.5, 0.6) is 0 Å². The van der Waals surface area contributed by atoms with E-state index in [1.165, 1.54) is 0 Å². The van der Waals surface area contributed by atoms with Gasteiger partial charge in [0, 0.05) is 13.1 Å². The molecular weight excluding hydrogens is 244 g/mol. The van der Waals surface area contributed by atoms with Gasteiger partial charge in [0.25, 0.3) is 0 Å². The zero-order chi connectivity index (χ0) is 13.6. The zero-order valence-corrected chi connectivity index (χ0v) is 11.7. The predicted molar refractivity (Wildman–Crippen MR) is 79.3 cm³/mol. The standard InChI is InChI=1S/C14H20N2OS/c1-4-9-15-13(18)16-10-11-5-7-12(8-6-11)14(2,3)17/h4-8,17H,1,9-10H2,2-3H3,(H2,15,16,18). The first-order valence-electron chi connectivity index (χ1n) is 5.88. The largest absolute Gasteiger partial charge is 0.386 e. The molecule has 0 aliphatic heterocycles. The van der Waals surface area contributed by atoms with E-state index in [1.807, 2.05) is 24.3 Å². The Bertz CT molecular complexity index is 407. The van der Waals surface area contributed by atoms with E-state index >= 15 is 0 Å². The van der Waals surface area contributed by atoms with Gasteiger partial charge >= 0.3 is 0 Å². The molecule has 3 N–H and O–H groups in total. The molecule has 1 rings (SSSR count). The number of nitrogens with one attached hydrogen (secondary N) is 2. The average molecular weight is 264 g/mol. The third kappa shape index (κ3) is 4.85. The van der Waals surface area contributed by atoms with Gasteiger partial charge in [0.05, 0.1) is 5.60 Å². The first kappa shape index (κ1) is 14.7. The highest BCUT2D eigenvalue weighted by Gasteiger charge is 2.14. The van der Waals surface area contributed by atoms with Crippen molar-refractivity contribution in [1.29, 1.82) is 0 Å². The predicted octanol–water partition coefficient (Wildman–Crippen LogP) is 2.06. The van der Waals surface area contributed by atoms with Crippen molar-refractivity contribution >= 4 is 17.3 Å². The highest BCUT2D eigenvalue weighted by Crippen LogP contribution is 2.19. The lowest BCUT2D eigenvalue weighted by molar-refractivity contribution is 0.0786. The van der Waals surface area contributed by atoms with E-state index in [9.17, 15) is 5.11 Å². The van der Waals surface area contributed by atoms with Crippen LogP contribution in [0.15, 0.2) is 36.9 Å². The second-order valence-corrected chi connectivity index (χ2v) is 5.02. The van der Waals surface area contributed by atoms with Crippen LogP contribution < -0.4 is 10.6 Å². The molecule has 0 aromatic heterocycles. The fourth-order valence-electron chi connectivity index (χ4n) is 1.44. The Balaban J connectivity index is 2.49. The Kier molecular flexibility index (Phi) is 5.31. The zero-order valence-electron chi connectivity index (χ0n) is 10.9. The lowest BCUT2D eigenvalue weighted by atomic mass is 9.97. The van der Waals surface area contributed by atoms with Crippen molar-refractivity contribution in [1.82, 2.24) is 10.6 Å². The Morgan fingerprint density at radius 1 is 1.33 bits per heavy atom. The van der Waals surface area contributed by atoms with Gasteiger partial charge in [-0.1, -0.05) is 30.3 Å². The molecule has 0 atom stereocenters. The molecule has 0 amide bonds. The Morgan fingerprint density at radius 3 is 2.44 bits per heavy atom. The maximum absolute atomic E-state index is 9.84. The summed E-state index contributed by atoms with van der Waals surface area (Å²) in [6.07, 6.45) is 1.76. The Labute approximate surface area is 114 Å². The minimum Gasteiger partial charge on any atom is -0.386 e. The summed E-state index contributed by atoms with van der Waals surface area (Å²) in [5.74, 6) is 0. The van der Waals surface area contributed by atoms with Gasteiger partial charge < -0.3 is 15.7 Å². The summed E-state index contributed by atoms with van der Waals surface area (Å²) >= 11 is 5.09. The highest BCUT2D eigenvalue weighted by atomic mass is 32.1. The third-order valence-corrected chi connectivity index (χ3v) is 2.81. The van der Waals surface area contributed by atoms with Gasteiger partial charge in [0.15, 0.2) is 5.11 Å². The average Bonchev–Trinajstić information content (AvgIpc) is 2.33. The van der Waals surface area contributed by atoms with Crippen LogP contribution in [-0.2, 0) is 12.1 Å². The van der Waals surface area contributed by atoms with Gasteiger partial charge in [0.1, 0.15) is 0 Å². The molecule has 0 saturated heterocycles. The minimum atomic E-state index is -0.799. The highest BCUT2D eigenvalue weighted by molar-refractivity contribution is 7.80. The molecule has 0 bridgehead atoms. The number of hydrogen-bond donors (Lipinski definition) is 3. The maximum Gasteiger partial charge on any atom is 0.166 e. The van der Waals surface area contributed by atoms with Gasteiger partial charge in [-0.05, 0) is 37.2 Å². The van der Waals surface area contributed by atoms with Crippen LogP contribution in [-0.4, -0.2) is 16.8 Å². The molecule has 98 valence electrons. The van der Waals surface area contributed by atoms with Crippen molar-refractivity contribution in [2.24, 2.45) is 0 Å². The van der Waals surface area contributed by atoms with Crippen molar-refractivity contribution in [3.8, 4) is 0 Å². The summed E-state index contributed by atoms with van der Waals surface area (Å²) in [6.45, 7) is 8.47. The number of aliphatic hydroxyl groups is 1. The summed E-state index contributed by atoms with van der Waals surface area (Å²) in [5, 5.41) is 16.6. The lowest BCUT2D eigenvalue weighted by Crippen LogP contribution is -2.34. The van der Waals surface area contributed by atoms with Gasteiger partial charge in [0.2, 0.25) is 0 Å². The maximum atomic E-state index is 9.84. The normalized spacial score (nSPS) is 10.8. The molecule has 18 heavy (non-hydrogen) atoms. The number of hydrogen-bond acceptors (Lipinski definition) is 2. The second kappa shape index (κ2) is 6.52. The molecular formula is C14H20N2OS. The quantitative estimate of drug-likeness (QED) is 0.563. The Morgan fingerprint density at radius 2 is 1.94 bits per heavy atom. The molecule has 0 aliphatic rings. The van der Waals surface area contributed by atoms with E-state index in [4.69, 9.17) is 12.2 Å². The molecule has 4 heteroatoms. The molecule has 0 spiro atoms. The van der Waals surface area contributed by atoms with Crippen molar-refractivity contribution in [2.75, 3.05) is 6.54 Å². The Hall–Kier alpha value is -1.39. The van der Waals surface area contributed by atoms with Crippen molar-refractivity contribution in [3.63, 3.8) is 0 Å². The monoisotopic (exact) mass is 264 g/mol. The summed E-state index contributed by atoms with van der Waals surface area (Å²) in [4.78, 5) is 0. The topological polar surface area (TPSA) is 44.3 Å². The fraction of sp³-hybridized carbons (Fsp3) is 0.357. The van der Waals surface area contributed by atoms with Crippen LogP contribution in [0, 0.1) is 0 Å². The van der Waals surface area contributed by atoms with Crippen molar-refractivity contribution in [2.45, 2.75) is 26.0 Å². The molecule has 0 unspecified atom stereocenters. The van der Waals surface area contributed by atoms with Crippen LogP contribution in [0.2, 0.25) is 0 Å². The van der Waals surface area contributed by atoms with Crippen molar-refractivity contribution in [3.05, 3.63) is 48.0 Å². The third-order valence-electron chi connectivity index (χ3n) is 2.52. The van der Waals surface area contributed by atoms with Crippen LogP contribution >= 0.6 is 12.2 Å². The number of thiocarbonyl (C=S) groups is 1. The molecule has 3 nitrogen and oxygen atoms in total. The van der Waals surface area contributed by atoms with Crippen LogP contribution in [0.4, 0.5) is 0 Å². The van der Waals surface area contributed by atoms with Crippen LogP contribution in [0.3, 0.4) is 0 Å². The van der Waals surface area contributed by atoms with Gasteiger partial charge in [-0.3, -0.25) is 0 Å². The first-order chi connectivity index (χ1) is 8.43. The van der Waals surface area contributed by atoms with Gasteiger partial charge in [-0.15, -0.1) is 6.58 Å². The summed E-state index contributed by atoms with van der Waals surface area (Å²) in [6, 6.07) is 7.82. The van der Waals surface area contributed by atoms with Crippen molar-refractivity contribution < 1.29 is 5.11 Å². The molecule has 0 radical (unpaired) electrons. The summed E-state index contributed by atoms with van der Waals surface area (Å²) < 4.78 is 0. The SMILES string of the molecule is C=CCNC(=S)NCc1ccc(C(C)(C)O)cc1. The first-order valence-corrected chi connectivity index (χ1v) is 6.28. The van der Waals surface area contributed by atoms with E-state index in [2.05, 4.69) is 17.2 Å². The lowest BCUT2D eigenvalue weighted by Gasteiger charge is -2.18. The van der Waals surface area contributed by atoms with E-state index < -0.39 is 5.60 Å². The van der Waals surface area contributed by atoms with Crippen LogP contribution in [0.25, 0.3) is 0 Å². The summed E-state index contributed by atoms with van der Waals surface area (Å²) in [7, 11) is 0. The molecule has 1 aromatic rings. The minimum absolute atomic E-state index is 0.612. The molecule has 0 fully saturated rings. The smallest absolute Gasteiger partial charge is 0.166 e. The molecule has 0 aliphatic carbocycles. The molecule has 0 saturated carbocycles. The summed E-state index contributed by atoms with van der Waals surface area (Å²) in [5.41, 5.74) is 1.22.